The van der Waals surface area contributed by atoms with Crippen LogP contribution in [-0.2, 0) is 6.42 Å². The molecule has 27 heavy (non-hydrogen) atoms. The normalized spacial score (nSPS) is 11.0. The van der Waals surface area contributed by atoms with Gasteiger partial charge in [-0.05, 0) is 42.8 Å². The van der Waals surface area contributed by atoms with Crippen molar-refractivity contribution in [2.24, 2.45) is 0 Å². The molecule has 2 aromatic heterocycles. The Bertz CT molecular complexity index is 1100. The molecule has 0 bridgehead atoms. The Morgan fingerprint density at radius 2 is 1.93 bits per heavy atom. The molecule has 0 radical (unpaired) electrons. The third-order valence-electron chi connectivity index (χ3n) is 4.04. The van der Waals surface area contributed by atoms with Crippen molar-refractivity contribution in [1.29, 1.82) is 0 Å². The van der Waals surface area contributed by atoms with E-state index >= 15 is 0 Å². The van der Waals surface area contributed by atoms with Gasteiger partial charge in [-0.1, -0.05) is 30.4 Å². The summed E-state index contributed by atoms with van der Waals surface area (Å²) >= 11 is 1.46. The van der Waals surface area contributed by atoms with Crippen molar-refractivity contribution in [2.45, 2.75) is 19.8 Å². The molecule has 8 heteroatoms. The highest BCUT2D eigenvalue weighted by molar-refractivity contribution is 7.19. The average molecular weight is 381 g/mol. The first kappa shape index (κ1) is 17.3. The quantitative estimate of drug-likeness (QED) is 0.562. The number of nitrogens with zero attached hydrogens (tertiary/aromatic N) is 4. The zero-order chi connectivity index (χ0) is 18.8. The molecule has 1 amide bonds. The molecule has 0 saturated heterocycles. The van der Waals surface area contributed by atoms with Crippen LogP contribution >= 0.6 is 11.3 Å². The molecule has 0 spiro atoms. The van der Waals surface area contributed by atoms with E-state index in [0.717, 1.165) is 34.2 Å². The van der Waals surface area contributed by atoms with E-state index in [1.165, 1.54) is 23.5 Å². The van der Waals surface area contributed by atoms with Crippen molar-refractivity contribution >= 4 is 27.9 Å². The molecule has 1 N–H and O–H groups in total. The highest BCUT2D eigenvalue weighted by Gasteiger charge is 2.13. The molecule has 4 aromatic rings. The van der Waals surface area contributed by atoms with Gasteiger partial charge in [0, 0.05) is 17.7 Å². The molecule has 0 saturated carbocycles. The highest BCUT2D eigenvalue weighted by Crippen LogP contribution is 2.27. The first-order chi connectivity index (χ1) is 13.2. The second-order valence-corrected chi connectivity index (χ2v) is 6.94. The molecule has 0 aliphatic rings. The Morgan fingerprint density at radius 3 is 2.67 bits per heavy atom. The van der Waals surface area contributed by atoms with Gasteiger partial charge in [0.2, 0.25) is 4.96 Å². The Labute approximate surface area is 158 Å². The second-order valence-electron chi connectivity index (χ2n) is 5.98. The number of anilines is 1. The van der Waals surface area contributed by atoms with Gasteiger partial charge >= 0.3 is 0 Å². The topological polar surface area (TPSA) is 72.2 Å². The number of hydrogen-bond donors (Lipinski definition) is 1. The maximum absolute atomic E-state index is 13.7. The lowest BCUT2D eigenvalue weighted by Gasteiger charge is -2.06. The smallest absolute Gasteiger partial charge is 0.258 e. The summed E-state index contributed by atoms with van der Waals surface area (Å²) in [4.78, 5) is 12.9. The summed E-state index contributed by atoms with van der Waals surface area (Å²) in [6.07, 6.45) is 1.80. The number of amides is 1. The number of aromatic nitrogens is 4. The van der Waals surface area contributed by atoms with E-state index in [9.17, 15) is 9.18 Å². The van der Waals surface area contributed by atoms with Crippen LogP contribution in [0, 0.1) is 5.82 Å². The van der Waals surface area contributed by atoms with Gasteiger partial charge in [0.05, 0.1) is 5.56 Å². The van der Waals surface area contributed by atoms with Gasteiger partial charge in [0.15, 0.2) is 5.82 Å². The Kier molecular flexibility index (Phi) is 4.64. The minimum absolute atomic E-state index is 0.0127. The SMILES string of the molecule is CCCc1nnc2sc(-c3ccc(NC(=O)c4ccccc4F)cc3)nn12. The fraction of sp³-hybridized carbons (Fsp3) is 0.158. The van der Waals surface area contributed by atoms with Crippen LogP contribution in [-0.4, -0.2) is 25.7 Å². The van der Waals surface area contributed by atoms with Gasteiger partial charge in [-0.2, -0.15) is 9.61 Å². The van der Waals surface area contributed by atoms with Crippen LogP contribution in [0.15, 0.2) is 48.5 Å². The molecule has 0 fully saturated rings. The fourth-order valence-electron chi connectivity index (χ4n) is 2.69. The highest BCUT2D eigenvalue weighted by atomic mass is 32.1. The van der Waals surface area contributed by atoms with Crippen molar-refractivity contribution in [2.75, 3.05) is 5.32 Å². The molecule has 2 aromatic carbocycles. The van der Waals surface area contributed by atoms with Gasteiger partial charge in [-0.3, -0.25) is 4.79 Å². The van der Waals surface area contributed by atoms with E-state index in [-0.39, 0.29) is 5.56 Å². The molecule has 0 aliphatic carbocycles. The van der Waals surface area contributed by atoms with Crippen LogP contribution in [0.25, 0.3) is 15.5 Å². The molecular formula is C19H16FN5OS. The first-order valence-electron chi connectivity index (χ1n) is 8.53. The number of aryl methyl sites for hydroxylation is 1. The number of carbonyl (C=O) groups excluding carboxylic acids is 1. The van der Waals surface area contributed by atoms with Gasteiger partial charge < -0.3 is 5.32 Å². The maximum Gasteiger partial charge on any atom is 0.258 e. The summed E-state index contributed by atoms with van der Waals surface area (Å²) in [5.41, 5.74) is 1.51. The minimum Gasteiger partial charge on any atom is -0.322 e. The number of benzene rings is 2. The van der Waals surface area contributed by atoms with Crippen molar-refractivity contribution in [3.63, 3.8) is 0 Å². The van der Waals surface area contributed by atoms with Crippen LogP contribution in [0.1, 0.15) is 29.5 Å². The van der Waals surface area contributed by atoms with E-state index in [1.807, 2.05) is 12.1 Å². The minimum atomic E-state index is -0.547. The van der Waals surface area contributed by atoms with E-state index in [0.29, 0.717) is 5.69 Å². The predicted octanol–water partition coefficient (Wildman–Crippen LogP) is 4.20. The summed E-state index contributed by atoms with van der Waals surface area (Å²) < 4.78 is 15.5. The third-order valence-corrected chi connectivity index (χ3v) is 4.99. The van der Waals surface area contributed by atoms with Gasteiger partial charge in [-0.25, -0.2) is 4.39 Å². The average Bonchev–Trinajstić information content (AvgIpc) is 3.25. The Balaban J connectivity index is 1.54. The summed E-state index contributed by atoms with van der Waals surface area (Å²) in [6, 6.07) is 13.1. The summed E-state index contributed by atoms with van der Waals surface area (Å²) in [7, 11) is 0. The zero-order valence-corrected chi connectivity index (χ0v) is 15.3. The second kappa shape index (κ2) is 7.24. The lowest BCUT2D eigenvalue weighted by Crippen LogP contribution is -2.13. The van der Waals surface area contributed by atoms with E-state index in [1.54, 1.807) is 28.8 Å². The van der Waals surface area contributed by atoms with Crippen molar-refractivity contribution in [1.82, 2.24) is 19.8 Å². The van der Waals surface area contributed by atoms with Crippen LogP contribution in [0.3, 0.4) is 0 Å². The molecule has 136 valence electrons. The van der Waals surface area contributed by atoms with Crippen molar-refractivity contribution in [3.05, 3.63) is 65.7 Å². The first-order valence-corrected chi connectivity index (χ1v) is 9.35. The maximum atomic E-state index is 13.7. The zero-order valence-electron chi connectivity index (χ0n) is 14.5. The summed E-state index contributed by atoms with van der Waals surface area (Å²) in [6.45, 7) is 2.09. The van der Waals surface area contributed by atoms with Gasteiger partial charge in [-0.15, -0.1) is 10.2 Å². The van der Waals surface area contributed by atoms with Gasteiger partial charge in [0.25, 0.3) is 5.91 Å². The number of nitrogens with one attached hydrogen (secondary N) is 1. The van der Waals surface area contributed by atoms with E-state index in [2.05, 4.69) is 27.5 Å². The molecular weight excluding hydrogens is 365 g/mol. The van der Waals surface area contributed by atoms with Crippen molar-refractivity contribution < 1.29 is 9.18 Å². The third kappa shape index (κ3) is 3.43. The Hall–Kier alpha value is -3.13. The van der Waals surface area contributed by atoms with Crippen LogP contribution in [0.5, 0.6) is 0 Å². The number of fused-ring (bicyclic) bond motifs is 1. The molecule has 0 unspecified atom stereocenters. The lowest BCUT2D eigenvalue weighted by atomic mass is 10.2. The fourth-order valence-corrected chi connectivity index (χ4v) is 3.56. The molecule has 6 nitrogen and oxygen atoms in total. The summed E-state index contributed by atoms with van der Waals surface area (Å²) in [5, 5.41) is 16.4. The molecule has 0 atom stereocenters. The largest absolute Gasteiger partial charge is 0.322 e. The Morgan fingerprint density at radius 1 is 1.15 bits per heavy atom. The van der Waals surface area contributed by atoms with Crippen LogP contribution in [0.4, 0.5) is 10.1 Å². The van der Waals surface area contributed by atoms with Crippen LogP contribution in [0.2, 0.25) is 0 Å². The van der Waals surface area contributed by atoms with E-state index in [4.69, 9.17) is 0 Å². The number of rotatable bonds is 5. The lowest BCUT2D eigenvalue weighted by molar-refractivity contribution is 0.102. The predicted molar refractivity (Wildman–Crippen MR) is 102 cm³/mol. The number of carbonyl (C=O) groups is 1. The monoisotopic (exact) mass is 381 g/mol. The van der Waals surface area contributed by atoms with Crippen LogP contribution < -0.4 is 5.32 Å². The number of hydrogen-bond acceptors (Lipinski definition) is 5. The summed E-state index contributed by atoms with van der Waals surface area (Å²) in [5.74, 6) is -0.179. The van der Waals surface area contributed by atoms with Gasteiger partial charge in [0.1, 0.15) is 10.8 Å². The van der Waals surface area contributed by atoms with E-state index < -0.39 is 11.7 Å². The number of halogens is 1. The molecule has 2 heterocycles. The standard InChI is InChI=1S/C19H16FN5OS/c1-2-5-16-22-23-19-25(16)24-18(27-19)12-8-10-13(11-9-12)21-17(26)14-6-3-4-7-15(14)20/h3-4,6-11H,2,5H2,1H3,(H,21,26). The van der Waals surface area contributed by atoms with Crippen molar-refractivity contribution in [3.8, 4) is 10.6 Å². The molecule has 4 rings (SSSR count). The molecule has 0 aliphatic heterocycles.